The summed E-state index contributed by atoms with van der Waals surface area (Å²) in [5.74, 6) is -1.16. The number of likely N-dealkylation sites (N-methyl/N-ethyl adjacent to an activating group) is 1. The molecule has 4 rings (SSSR count). The van der Waals surface area contributed by atoms with Crippen LogP contribution in [0.4, 0.5) is 10.1 Å². The van der Waals surface area contributed by atoms with Crippen LogP contribution in [-0.4, -0.2) is 45.1 Å². The van der Waals surface area contributed by atoms with Gasteiger partial charge in [-0.15, -0.1) is 0 Å². The summed E-state index contributed by atoms with van der Waals surface area (Å²) >= 11 is 6.23. The molecule has 0 bridgehead atoms. The smallest absolute Gasteiger partial charge is 0.254 e. The summed E-state index contributed by atoms with van der Waals surface area (Å²) in [6.45, 7) is 0. The lowest BCUT2D eigenvalue weighted by molar-refractivity contribution is -0.119. The third-order valence-electron chi connectivity index (χ3n) is 6.10. The normalized spacial score (nSPS) is 17.0. The zero-order valence-electron chi connectivity index (χ0n) is 19.6. The van der Waals surface area contributed by atoms with Gasteiger partial charge in [-0.3, -0.25) is 9.59 Å². The third kappa shape index (κ3) is 4.37. The first-order valence-corrected chi connectivity index (χ1v) is 11.1. The number of anilines is 1. The number of hydrogen-bond donors (Lipinski definition) is 1. The van der Waals surface area contributed by atoms with Crippen molar-refractivity contribution in [2.75, 3.05) is 33.7 Å². The number of halogens is 2. The lowest BCUT2D eigenvalue weighted by atomic mass is 9.79. The number of ether oxygens (including phenoxy) is 3. The van der Waals surface area contributed by atoms with E-state index in [1.165, 1.54) is 38.4 Å². The van der Waals surface area contributed by atoms with Crippen LogP contribution in [0.2, 0.25) is 5.02 Å². The van der Waals surface area contributed by atoms with Crippen LogP contribution in [0.25, 0.3) is 0 Å². The molecule has 3 aromatic carbocycles. The minimum absolute atomic E-state index is 0.219. The molecule has 0 aliphatic carbocycles. The van der Waals surface area contributed by atoms with Crippen LogP contribution >= 0.6 is 11.6 Å². The Kier molecular flexibility index (Phi) is 6.84. The summed E-state index contributed by atoms with van der Waals surface area (Å²) in [5.41, 5.74) is 1.31. The zero-order valence-corrected chi connectivity index (χ0v) is 20.4. The van der Waals surface area contributed by atoms with Gasteiger partial charge in [-0.25, -0.2) is 4.39 Å². The molecule has 1 N–H and O–H groups in total. The van der Waals surface area contributed by atoms with Gasteiger partial charge >= 0.3 is 0 Å². The van der Waals surface area contributed by atoms with E-state index in [0.717, 1.165) is 0 Å². The van der Waals surface area contributed by atoms with Crippen LogP contribution in [0.5, 0.6) is 17.2 Å². The maximum absolute atomic E-state index is 15.0. The number of amides is 2. The molecule has 0 unspecified atom stereocenters. The van der Waals surface area contributed by atoms with Crippen molar-refractivity contribution in [1.29, 1.82) is 0 Å². The van der Waals surface area contributed by atoms with Crippen LogP contribution in [-0.2, 0) is 4.79 Å². The molecule has 182 valence electrons. The second-order valence-electron chi connectivity index (χ2n) is 7.99. The molecule has 7 nitrogen and oxygen atoms in total. The predicted molar refractivity (Wildman–Crippen MR) is 130 cm³/mol. The van der Waals surface area contributed by atoms with Crippen molar-refractivity contribution >= 4 is 29.1 Å². The Bertz CT molecular complexity index is 1300. The minimum Gasteiger partial charge on any atom is -0.495 e. The van der Waals surface area contributed by atoms with Gasteiger partial charge in [0, 0.05) is 23.9 Å². The first-order valence-electron chi connectivity index (χ1n) is 10.7. The van der Waals surface area contributed by atoms with E-state index in [0.29, 0.717) is 33.5 Å². The predicted octanol–water partition coefficient (Wildman–Crippen LogP) is 5.05. The van der Waals surface area contributed by atoms with Crippen molar-refractivity contribution in [2.24, 2.45) is 0 Å². The van der Waals surface area contributed by atoms with Crippen molar-refractivity contribution in [3.8, 4) is 17.2 Å². The van der Waals surface area contributed by atoms with Gasteiger partial charge in [0.1, 0.15) is 11.6 Å². The summed E-state index contributed by atoms with van der Waals surface area (Å²) in [6, 6.07) is 13.1. The highest BCUT2D eigenvalue weighted by atomic mass is 35.5. The van der Waals surface area contributed by atoms with Crippen LogP contribution in [0.3, 0.4) is 0 Å². The molecule has 1 aliphatic rings. The van der Waals surface area contributed by atoms with Gasteiger partial charge in [-0.2, -0.15) is 0 Å². The molecule has 2 atom stereocenters. The van der Waals surface area contributed by atoms with E-state index >= 15 is 0 Å². The fourth-order valence-electron chi connectivity index (χ4n) is 4.40. The van der Waals surface area contributed by atoms with Gasteiger partial charge in [0.2, 0.25) is 5.91 Å². The highest BCUT2D eigenvalue weighted by Crippen LogP contribution is 2.46. The molecule has 2 amide bonds. The lowest BCUT2D eigenvalue weighted by Crippen LogP contribution is -2.44. The number of fused-ring (bicyclic) bond motifs is 1. The molecule has 1 aliphatic heterocycles. The van der Waals surface area contributed by atoms with Crippen LogP contribution in [0, 0.1) is 5.82 Å². The molecular formula is C26H24ClFN2O5. The first kappa shape index (κ1) is 24.3. The molecule has 0 saturated heterocycles. The van der Waals surface area contributed by atoms with Crippen LogP contribution in [0.1, 0.15) is 33.4 Å². The minimum atomic E-state index is -0.967. The van der Waals surface area contributed by atoms with Gasteiger partial charge in [0.15, 0.2) is 11.5 Å². The average Bonchev–Trinajstić information content (AvgIpc) is 2.85. The zero-order chi connectivity index (χ0) is 25.3. The maximum Gasteiger partial charge on any atom is 0.254 e. The molecule has 1 heterocycles. The van der Waals surface area contributed by atoms with Gasteiger partial charge in [-0.05, 0) is 42.0 Å². The quantitative estimate of drug-likeness (QED) is 0.514. The number of rotatable bonds is 6. The monoisotopic (exact) mass is 498 g/mol. The van der Waals surface area contributed by atoms with Gasteiger partial charge in [-0.1, -0.05) is 29.8 Å². The largest absolute Gasteiger partial charge is 0.495 e. The Morgan fingerprint density at radius 1 is 0.943 bits per heavy atom. The highest BCUT2D eigenvalue weighted by Gasteiger charge is 2.44. The molecule has 0 saturated carbocycles. The Hall–Kier alpha value is -3.78. The fourth-order valence-corrected chi connectivity index (χ4v) is 4.66. The number of hydrogen-bond acceptors (Lipinski definition) is 5. The molecule has 0 spiro atoms. The Balaban J connectivity index is 1.87. The number of nitrogens with zero attached hydrogens (tertiary/aromatic N) is 1. The summed E-state index contributed by atoms with van der Waals surface area (Å²) < 4.78 is 30.9. The second-order valence-corrected chi connectivity index (χ2v) is 8.40. The first-order chi connectivity index (χ1) is 16.8. The molecule has 9 heteroatoms. The van der Waals surface area contributed by atoms with E-state index in [2.05, 4.69) is 5.32 Å². The Morgan fingerprint density at radius 3 is 2.23 bits per heavy atom. The van der Waals surface area contributed by atoms with Crippen LogP contribution < -0.4 is 19.5 Å². The van der Waals surface area contributed by atoms with E-state index in [4.69, 9.17) is 25.8 Å². The summed E-state index contributed by atoms with van der Waals surface area (Å²) in [7, 11) is 5.96. The van der Waals surface area contributed by atoms with Crippen molar-refractivity contribution in [1.82, 2.24) is 4.90 Å². The van der Waals surface area contributed by atoms with E-state index in [9.17, 15) is 14.0 Å². The number of benzene rings is 3. The van der Waals surface area contributed by atoms with Crippen molar-refractivity contribution in [3.63, 3.8) is 0 Å². The molecule has 0 aromatic heterocycles. The topological polar surface area (TPSA) is 77.1 Å². The molecule has 35 heavy (non-hydrogen) atoms. The second kappa shape index (κ2) is 9.84. The summed E-state index contributed by atoms with van der Waals surface area (Å²) in [5, 5.41) is 3.17. The van der Waals surface area contributed by atoms with Crippen molar-refractivity contribution < 1.29 is 28.2 Å². The highest BCUT2D eigenvalue weighted by molar-refractivity contribution is 6.32. The van der Waals surface area contributed by atoms with Gasteiger partial charge in [0.25, 0.3) is 5.91 Å². The molecular weight excluding hydrogens is 475 g/mol. The van der Waals surface area contributed by atoms with Gasteiger partial charge in [0.05, 0.1) is 38.3 Å². The summed E-state index contributed by atoms with van der Waals surface area (Å²) in [4.78, 5) is 28.5. The van der Waals surface area contributed by atoms with Crippen LogP contribution in [0.15, 0.2) is 54.6 Å². The van der Waals surface area contributed by atoms with Crippen molar-refractivity contribution in [3.05, 3.63) is 82.1 Å². The lowest BCUT2D eigenvalue weighted by Gasteiger charge is -2.40. The number of nitrogens with one attached hydrogen (secondary N) is 1. The van der Waals surface area contributed by atoms with E-state index in [1.807, 2.05) is 0 Å². The van der Waals surface area contributed by atoms with E-state index < -0.39 is 23.7 Å². The molecule has 0 radical (unpaired) electrons. The fraction of sp³-hybridized carbons (Fsp3) is 0.231. The number of methoxy groups -OCH3 is 3. The SMILES string of the molecule is COc1ccc(NC(=O)[C@H]2c3cc(OC)c(OC)cc3C(=O)N(C)[C@H]2c2ccccc2F)cc1Cl. The number of carbonyl (C=O) groups is 2. The third-order valence-corrected chi connectivity index (χ3v) is 6.40. The van der Waals surface area contributed by atoms with E-state index in [1.54, 1.807) is 49.5 Å². The maximum atomic E-state index is 15.0. The average molecular weight is 499 g/mol. The number of carbonyl (C=O) groups excluding carboxylic acids is 2. The molecule has 0 fully saturated rings. The van der Waals surface area contributed by atoms with E-state index in [-0.39, 0.29) is 17.0 Å². The Morgan fingerprint density at radius 2 is 1.60 bits per heavy atom. The Labute approximate surface area is 207 Å². The summed E-state index contributed by atoms with van der Waals surface area (Å²) in [6.07, 6.45) is 0. The van der Waals surface area contributed by atoms with Gasteiger partial charge < -0.3 is 24.4 Å². The standard InChI is InChI=1S/C26H24ClFN2O5/c1-30-24(15-7-5-6-8-19(15)28)23(25(31)29-14-9-10-20(33-2)18(27)11-14)16-12-21(34-3)22(35-4)13-17(16)26(30)32/h5-13,23-24H,1-4H3,(H,29,31)/t23-,24-/m0/s1. The van der Waals surface area contributed by atoms with Crippen molar-refractivity contribution in [2.45, 2.75) is 12.0 Å². The molecule has 3 aromatic rings.